The molecule has 184 valence electrons. The van der Waals surface area contributed by atoms with Crippen LogP contribution in [0.4, 0.5) is 5.69 Å². The minimum absolute atomic E-state index is 0.219. The first-order chi connectivity index (χ1) is 16.1. The van der Waals surface area contributed by atoms with Crippen molar-refractivity contribution in [3.8, 4) is 0 Å². The number of hydrogen-bond donors (Lipinski definition) is 2. The Morgan fingerprint density at radius 3 is 2.26 bits per heavy atom. The normalized spacial score (nSPS) is 16.8. The first-order valence-corrected chi connectivity index (χ1v) is 13.3. The molecule has 0 aromatic heterocycles. The summed E-state index contributed by atoms with van der Waals surface area (Å²) in [5.41, 5.74) is 4.24. The highest BCUT2D eigenvalue weighted by Gasteiger charge is 2.35. The van der Waals surface area contributed by atoms with Gasteiger partial charge in [-0.1, -0.05) is 43.2 Å². The van der Waals surface area contributed by atoms with Crippen molar-refractivity contribution in [1.29, 1.82) is 0 Å². The molecule has 1 aliphatic heterocycles. The second kappa shape index (κ2) is 11.1. The van der Waals surface area contributed by atoms with Crippen LogP contribution in [0.3, 0.4) is 0 Å². The van der Waals surface area contributed by atoms with E-state index in [-0.39, 0.29) is 12.6 Å². The smallest absolute Gasteiger partial charge is 0.313 e. The van der Waals surface area contributed by atoms with Gasteiger partial charge < -0.3 is 10.6 Å². The molecule has 1 heterocycles. The maximum Gasteiger partial charge on any atom is 0.313 e. The van der Waals surface area contributed by atoms with Crippen molar-refractivity contribution in [3.63, 3.8) is 0 Å². The lowest BCUT2D eigenvalue weighted by Gasteiger charge is -2.35. The van der Waals surface area contributed by atoms with E-state index in [1.165, 1.54) is 0 Å². The molecule has 7 nitrogen and oxygen atoms in total. The minimum atomic E-state index is -3.66. The lowest BCUT2D eigenvalue weighted by molar-refractivity contribution is -0.136. The number of aryl methyl sites for hydroxylation is 4. The highest BCUT2D eigenvalue weighted by atomic mass is 32.2. The van der Waals surface area contributed by atoms with Crippen LogP contribution in [0.1, 0.15) is 54.9 Å². The molecule has 2 N–H and O–H groups in total. The molecule has 2 aromatic carbocycles. The Bertz CT molecular complexity index is 1120. The molecule has 0 spiro atoms. The number of anilines is 1. The standard InChI is InChI=1S/C26H35N3O4S/c1-5-21-9-11-22(12-10-21)28-26(31)25(30)27-14-13-23-8-6-7-15-29(23)34(32,33)24-19(3)16-18(2)17-20(24)4/h9-12,16-17,23H,5-8,13-15H2,1-4H3,(H,27,30)(H,28,31). The number of carbonyl (C=O) groups excluding carboxylic acids is 2. The molecule has 34 heavy (non-hydrogen) atoms. The van der Waals surface area contributed by atoms with Gasteiger partial charge in [0, 0.05) is 24.8 Å². The number of nitrogens with zero attached hydrogens (tertiary/aromatic N) is 1. The SMILES string of the molecule is CCc1ccc(NC(=O)C(=O)NCCC2CCCCN2S(=O)(=O)c2c(C)cc(C)cc2C)cc1. The van der Waals surface area contributed by atoms with E-state index in [9.17, 15) is 18.0 Å². The Kier molecular flexibility index (Phi) is 8.49. The van der Waals surface area contributed by atoms with Gasteiger partial charge in [0.05, 0.1) is 4.90 Å². The minimum Gasteiger partial charge on any atom is -0.348 e. The number of benzene rings is 2. The summed E-state index contributed by atoms with van der Waals surface area (Å²) in [4.78, 5) is 24.9. The van der Waals surface area contributed by atoms with E-state index in [1.807, 2.05) is 52.0 Å². The molecule has 2 aromatic rings. The van der Waals surface area contributed by atoms with Crippen molar-refractivity contribution >= 4 is 27.5 Å². The number of nitrogens with one attached hydrogen (secondary N) is 2. The third kappa shape index (κ3) is 6.04. The van der Waals surface area contributed by atoms with Crippen molar-refractivity contribution in [2.24, 2.45) is 0 Å². The van der Waals surface area contributed by atoms with Gasteiger partial charge >= 0.3 is 11.8 Å². The monoisotopic (exact) mass is 485 g/mol. The molecule has 1 unspecified atom stereocenters. The van der Waals surface area contributed by atoms with Crippen LogP contribution in [-0.2, 0) is 26.0 Å². The van der Waals surface area contributed by atoms with E-state index in [4.69, 9.17) is 0 Å². The molecule has 2 amide bonds. The largest absolute Gasteiger partial charge is 0.348 e. The van der Waals surface area contributed by atoms with Crippen LogP contribution in [-0.4, -0.2) is 43.7 Å². The number of carbonyl (C=O) groups is 2. The van der Waals surface area contributed by atoms with E-state index in [0.717, 1.165) is 47.9 Å². The Labute approximate surface area is 203 Å². The van der Waals surface area contributed by atoms with Gasteiger partial charge in [0.15, 0.2) is 0 Å². The van der Waals surface area contributed by atoms with Crippen LogP contribution in [0, 0.1) is 20.8 Å². The van der Waals surface area contributed by atoms with E-state index in [1.54, 1.807) is 16.4 Å². The van der Waals surface area contributed by atoms with Crippen molar-refractivity contribution in [3.05, 3.63) is 58.7 Å². The average molecular weight is 486 g/mol. The van der Waals surface area contributed by atoms with E-state index in [0.29, 0.717) is 23.5 Å². The summed E-state index contributed by atoms with van der Waals surface area (Å²) < 4.78 is 28.7. The fourth-order valence-electron chi connectivity index (χ4n) is 4.71. The summed E-state index contributed by atoms with van der Waals surface area (Å²) in [5, 5.41) is 5.24. The molecule has 0 saturated carbocycles. The Morgan fingerprint density at radius 1 is 1.00 bits per heavy atom. The summed E-state index contributed by atoms with van der Waals surface area (Å²) in [7, 11) is -3.66. The van der Waals surface area contributed by atoms with E-state index < -0.39 is 21.8 Å². The molecule has 3 rings (SSSR count). The predicted molar refractivity (Wildman–Crippen MR) is 134 cm³/mol. The van der Waals surface area contributed by atoms with Gasteiger partial charge in [0.2, 0.25) is 10.0 Å². The van der Waals surface area contributed by atoms with E-state index >= 15 is 0 Å². The molecule has 1 saturated heterocycles. The molecule has 0 radical (unpaired) electrons. The Morgan fingerprint density at radius 2 is 1.65 bits per heavy atom. The average Bonchev–Trinajstić information content (AvgIpc) is 2.78. The van der Waals surface area contributed by atoms with Crippen molar-refractivity contribution in [2.75, 3.05) is 18.4 Å². The summed E-state index contributed by atoms with van der Waals surface area (Å²) in [6, 6.07) is 10.9. The first kappa shape index (κ1) is 25.9. The summed E-state index contributed by atoms with van der Waals surface area (Å²) >= 11 is 0. The molecular formula is C26H35N3O4S. The first-order valence-electron chi connectivity index (χ1n) is 11.9. The Hall–Kier alpha value is -2.71. The van der Waals surface area contributed by atoms with Gasteiger partial charge in [-0.3, -0.25) is 9.59 Å². The van der Waals surface area contributed by atoms with Crippen LogP contribution in [0.15, 0.2) is 41.3 Å². The fourth-order valence-corrected chi connectivity index (χ4v) is 6.85. The summed E-state index contributed by atoms with van der Waals surface area (Å²) in [6.45, 7) is 8.36. The molecule has 1 aliphatic rings. The predicted octanol–water partition coefficient (Wildman–Crippen LogP) is 3.86. The molecule has 1 atom stereocenters. The van der Waals surface area contributed by atoms with Crippen molar-refractivity contribution in [2.45, 2.75) is 70.7 Å². The van der Waals surface area contributed by atoms with Gasteiger partial charge in [-0.05, 0) is 75.3 Å². The fraction of sp³-hybridized carbons (Fsp3) is 0.462. The van der Waals surface area contributed by atoms with E-state index in [2.05, 4.69) is 10.6 Å². The molecular weight excluding hydrogens is 450 g/mol. The number of piperidine rings is 1. The molecule has 0 aliphatic carbocycles. The quantitative estimate of drug-likeness (QED) is 0.582. The zero-order valence-corrected chi connectivity index (χ0v) is 21.3. The molecule has 0 bridgehead atoms. The maximum absolute atomic E-state index is 13.6. The lowest BCUT2D eigenvalue weighted by atomic mass is 10.0. The number of rotatable bonds is 7. The van der Waals surface area contributed by atoms with Crippen LogP contribution in [0.25, 0.3) is 0 Å². The summed E-state index contributed by atoms with van der Waals surface area (Å²) in [6.07, 6.45) is 3.82. The zero-order chi connectivity index (χ0) is 24.9. The Balaban J connectivity index is 1.62. The third-order valence-corrected chi connectivity index (χ3v) is 8.59. The maximum atomic E-state index is 13.6. The van der Waals surface area contributed by atoms with Gasteiger partial charge in [-0.25, -0.2) is 8.42 Å². The van der Waals surface area contributed by atoms with Gasteiger partial charge in [-0.15, -0.1) is 0 Å². The van der Waals surface area contributed by atoms with Crippen molar-refractivity contribution < 1.29 is 18.0 Å². The second-order valence-corrected chi connectivity index (χ2v) is 10.9. The highest BCUT2D eigenvalue weighted by Crippen LogP contribution is 2.31. The topological polar surface area (TPSA) is 95.6 Å². The van der Waals surface area contributed by atoms with Crippen LogP contribution in [0.5, 0.6) is 0 Å². The summed E-state index contributed by atoms with van der Waals surface area (Å²) in [5.74, 6) is -1.46. The number of hydrogen-bond acceptors (Lipinski definition) is 4. The third-order valence-electron chi connectivity index (χ3n) is 6.33. The highest BCUT2D eigenvalue weighted by molar-refractivity contribution is 7.89. The molecule has 1 fully saturated rings. The molecule has 8 heteroatoms. The van der Waals surface area contributed by atoms with Crippen molar-refractivity contribution in [1.82, 2.24) is 9.62 Å². The zero-order valence-electron chi connectivity index (χ0n) is 20.5. The van der Waals surface area contributed by atoms with Crippen LogP contribution < -0.4 is 10.6 Å². The number of sulfonamides is 1. The van der Waals surface area contributed by atoms with Gasteiger partial charge in [0.1, 0.15) is 0 Å². The van der Waals surface area contributed by atoms with Gasteiger partial charge in [-0.2, -0.15) is 4.31 Å². The lowest BCUT2D eigenvalue weighted by Crippen LogP contribution is -2.46. The second-order valence-electron chi connectivity index (χ2n) is 9.04. The van der Waals surface area contributed by atoms with Gasteiger partial charge in [0.25, 0.3) is 0 Å². The van der Waals surface area contributed by atoms with Crippen LogP contribution in [0.2, 0.25) is 0 Å². The van der Waals surface area contributed by atoms with Crippen LogP contribution >= 0.6 is 0 Å². The number of amides is 2.